The fourth-order valence-electron chi connectivity index (χ4n) is 3.53. The quantitative estimate of drug-likeness (QED) is 0.155. The number of aromatic nitrogens is 1. The number of hydrogen-bond acceptors (Lipinski definition) is 5. The summed E-state index contributed by atoms with van der Waals surface area (Å²) in [6, 6.07) is 10.6. The van der Waals surface area contributed by atoms with Crippen LogP contribution < -0.4 is 4.90 Å². The molecule has 0 atom stereocenters. The van der Waals surface area contributed by atoms with Gasteiger partial charge in [0, 0.05) is 26.3 Å². The number of amides is 1. The van der Waals surface area contributed by atoms with Gasteiger partial charge in [0.25, 0.3) is 10.0 Å². The third-order valence-electron chi connectivity index (χ3n) is 5.51. The van der Waals surface area contributed by atoms with E-state index in [9.17, 15) is 13.2 Å². The Morgan fingerprint density at radius 1 is 1.08 bits per heavy atom. The van der Waals surface area contributed by atoms with Gasteiger partial charge in [0.05, 0.1) is 26.1 Å². The van der Waals surface area contributed by atoms with Crippen LogP contribution in [0.1, 0.15) is 26.3 Å². The molecule has 1 aromatic heterocycles. The molecule has 0 N–H and O–H groups in total. The highest BCUT2D eigenvalue weighted by Gasteiger charge is 2.29. The molecule has 1 heterocycles. The predicted octanol–water partition coefficient (Wildman–Crippen LogP) is 7.55. The van der Waals surface area contributed by atoms with Crippen LogP contribution in [0.4, 0.5) is 10.5 Å². The maximum Gasteiger partial charge on any atom is 0.416 e. The smallest absolute Gasteiger partial charge is 0.416 e. The van der Waals surface area contributed by atoms with Gasteiger partial charge in [-0.15, -0.1) is 0 Å². The highest BCUT2D eigenvalue weighted by Crippen LogP contribution is 2.40. The maximum atomic E-state index is 13.5. The molecule has 0 fully saturated rings. The third kappa shape index (κ3) is 7.09. The van der Waals surface area contributed by atoms with Gasteiger partial charge >= 0.3 is 6.09 Å². The second-order valence-corrected chi connectivity index (χ2v) is 19.4. The normalized spacial score (nSPS) is 12.7. The van der Waals surface area contributed by atoms with Crippen LogP contribution in [0.3, 0.4) is 0 Å². The first-order chi connectivity index (χ1) is 17.0. The summed E-state index contributed by atoms with van der Waals surface area (Å²) >= 11 is 13.0. The van der Waals surface area contributed by atoms with Crippen LogP contribution in [-0.4, -0.2) is 45.5 Å². The number of nitrogens with zero attached hydrogens (tertiary/aromatic N) is 2. The zero-order valence-electron chi connectivity index (χ0n) is 22.3. The second-order valence-electron chi connectivity index (χ2n) is 11.1. The molecule has 1 amide bonds. The summed E-state index contributed by atoms with van der Waals surface area (Å²) in [5, 5.41) is 0.577. The van der Waals surface area contributed by atoms with Gasteiger partial charge in [0.15, 0.2) is 0 Å². The number of halogens is 2. The minimum atomic E-state index is -3.99. The lowest BCUT2D eigenvalue weighted by Gasteiger charge is -2.28. The standard InChI is InChI=1S/C26H34Cl2N2O5SSi/c1-18-8-10-19(11-9-18)36(32,33)30-13-12-20-22(16-21(27)23(28)24(20)30)29(25(31)35-26(2,3)4)17-34-14-15-37(5,6)7/h8-13,16H,14-15,17H2,1-7H3. The van der Waals surface area contributed by atoms with Gasteiger partial charge in [0.2, 0.25) is 0 Å². The van der Waals surface area contributed by atoms with Crippen LogP contribution in [0.5, 0.6) is 0 Å². The van der Waals surface area contributed by atoms with Crippen LogP contribution in [0.25, 0.3) is 10.9 Å². The first kappa shape index (κ1) is 29.5. The summed E-state index contributed by atoms with van der Waals surface area (Å²) < 4.78 is 39.7. The van der Waals surface area contributed by atoms with Gasteiger partial charge < -0.3 is 9.47 Å². The number of aryl methyl sites for hydroxylation is 1. The van der Waals surface area contributed by atoms with Crippen molar-refractivity contribution in [3.8, 4) is 0 Å². The highest BCUT2D eigenvalue weighted by atomic mass is 35.5. The lowest BCUT2D eigenvalue weighted by Crippen LogP contribution is -2.39. The molecule has 11 heteroatoms. The fourth-order valence-corrected chi connectivity index (χ4v) is 6.13. The van der Waals surface area contributed by atoms with Gasteiger partial charge in [-0.3, -0.25) is 4.90 Å². The predicted molar refractivity (Wildman–Crippen MR) is 153 cm³/mol. The second kappa shape index (κ2) is 11.0. The van der Waals surface area contributed by atoms with Crippen molar-refractivity contribution >= 4 is 64.0 Å². The lowest BCUT2D eigenvalue weighted by atomic mass is 10.2. The number of fused-ring (bicyclic) bond motifs is 1. The number of carbonyl (C=O) groups excluding carboxylic acids is 1. The molecule has 0 unspecified atom stereocenters. The zero-order chi connectivity index (χ0) is 27.8. The fraction of sp³-hybridized carbons (Fsp3) is 0.423. The average molecular weight is 586 g/mol. The molecule has 0 aliphatic heterocycles. The van der Waals surface area contributed by atoms with E-state index in [-0.39, 0.29) is 27.2 Å². The van der Waals surface area contributed by atoms with Gasteiger partial charge in [-0.05, 0) is 58.0 Å². The van der Waals surface area contributed by atoms with E-state index in [4.69, 9.17) is 32.7 Å². The van der Waals surface area contributed by atoms with Crippen molar-refractivity contribution in [1.82, 2.24) is 3.97 Å². The summed E-state index contributed by atoms with van der Waals surface area (Å²) in [6.45, 7) is 14.3. The van der Waals surface area contributed by atoms with Gasteiger partial charge in [-0.25, -0.2) is 17.2 Å². The summed E-state index contributed by atoms with van der Waals surface area (Å²) in [7, 11) is -5.35. The number of carbonyl (C=O) groups is 1. The number of hydrogen-bond donors (Lipinski definition) is 0. The molecule has 0 spiro atoms. The van der Waals surface area contributed by atoms with Crippen molar-refractivity contribution in [2.24, 2.45) is 0 Å². The molecule has 202 valence electrons. The van der Waals surface area contributed by atoms with Crippen molar-refractivity contribution < 1.29 is 22.7 Å². The molecule has 0 saturated carbocycles. The van der Waals surface area contributed by atoms with Crippen molar-refractivity contribution in [2.45, 2.75) is 63.9 Å². The van der Waals surface area contributed by atoms with E-state index in [0.717, 1.165) is 15.6 Å². The number of ether oxygens (including phenoxy) is 2. The molecular formula is C26H34Cl2N2O5SSi. The molecule has 0 bridgehead atoms. The Balaban J connectivity index is 2.13. The Labute approximate surface area is 230 Å². The SMILES string of the molecule is Cc1ccc(S(=O)(=O)n2ccc3c(N(COCC[Si](C)(C)C)C(=O)OC(C)(C)C)cc(Cl)c(Cl)c32)cc1. The van der Waals surface area contributed by atoms with E-state index in [1.165, 1.54) is 29.3 Å². The van der Waals surface area contributed by atoms with Crippen LogP contribution >= 0.6 is 23.2 Å². The number of benzene rings is 2. The zero-order valence-corrected chi connectivity index (χ0v) is 25.6. The molecule has 0 aliphatic rings. The first-order valence-corrected chi connectivity index (χ1v) is 17.8. The van der Waals surface area contributed by atoms with Crippen molar-refractivity contribution in [2.75, 3.05) is 18.2 Å². The molecule has 2 aromatic carbocycles. The van der Waals surface area contributed by atoms with E-state index in [1.54, 1.807) is 39.0 Å². The topological polar surface area (TPSA) is 77.8 Å². The summed E-state index contributed by atoms with van der Waals surface area (Å²) in [4.78, 5) is 14.7. The summed E-state index contributed by atoms with van der Waals surface area (Å²) in [5.74, 6) is 0. The Morgan fingerprint density at radius 2 is 1.70 bits per heavy atom. The van der Waals surface area contributed by atoms with Crippen molar-refractivity contribution in [1.29, 1.82) is 0 Å². The van der Waals surface area contributed by atoms with E-state index < -0.39 is 29.8 Å². The minimum Gasteiger partial charge on any atom is -0.443 e. The van der Waals surface area contributed by atoms with E-state index in [2.05, 4.69) is 19.6 Å². The van der Waals surface area contributed by atoms with E-state index in [1.807, 2.05) is 6.92 Å². The Bertz CT molecular complexity index is 1390. The molecular weight excluding hydrogens is 551 g/mol. The molecule has 0 aliphatic carbocycles. The summed E-state index contributed by atoms with van der Waals surface area (Å²) in [5.41, 5.74) is 0.677. The van der Waals surface area contributed by atoms with Crippen LogP contribution in [0.15, 0.2) is 47.5 Å². The van der Waals surface area contributed by atoms with Crippen LogP contribution in [0, 0.1) is 6.92 Å². The lowest BCUT2D eigenvalue weighted by molar-refractivity contribution is 0.0500. The van der Waals surface area contributed by atoms with Gasteiger partial charge in [0.1, 0.15) is 12.3 Å². The molecule has 3 rings (SSSR count). The van der Waals surface area contributed by atoms with Crippen LogP contribution in [-0.2, 0) is 19.5 Å². The summed E-state index contributed by atoms with van der Waals surface area (Å²) in [6.07, 6.45) is 0.764. The average Bonchev–Trinajstić information content (AvgIpc) is 3.21. The van der Waals surface area contributed by atoms with Crippen LogP contribution in [0.2, 0.25) is 35.7 Å². The number of rotatable bonds is 8. The maximum absolute atomic E-state index is 13.5. The largest absolute Gasteiger partial charge is 0.443 e. The minimum absolute atomic E-state index is 0.0601. The molecule has 3 aromatic rings. The monoisotopic (exact) mass is 584 g/mol. The molecule has 0 saturated heterocycles. The Kier molecular flexibility index (Phi) is 8.76. The highest BCUT2D eigenvalue weighted by molar-refractivity contribution is 7.90. The van der Waals surface area contributed by atoms with Crippen molar-refractivity contribution in [3.63, 3.8) is 0 Å². The van der Waals surface area contributed by atoms with E-state index >= 15 is 0 Å². The molecule has 37 heavy (non-hydrogen) atoms. The molecule has 0 radical (unpaired) electrons. The first-order valence-electron chi connectivity index (χ1n) is 11.9. The van der Waals surface area contributed by atoms with Gasteiger partial charge in [-0.1, -0.05) is 60.5 Å². The van der Waals surface area contributed by atoms with E-state index in [0.29, 0.717) is 17.7 Å². The molecule has 7 nitrogen and oxygen atoms in total. The van der Waals surface area contributed by atoms with Crippen molar-refractivity contribution in [3.05, 3.63) is 58.2 Å². The van der Waals surface area contributed by atoms with Gasteiger partial charge in [-0.2, -0.15) is 0 Å². The number of anilines is 1. The third-order valence-corrected chi connectivity index (χ3v) is 9.68. The Hall–Kier alpha value is -2.04. The Morgan fingerprint density at radius 3 is 2.27 bits per heavy atom.